The Morgan fingerprint density at radius 2 is 1.95 bits per heavy atom. The normalized spacial score (nSPS) is 28.4. The van der Waals surface area contributed by atoms with Gasteiger partial charge in [0.2, 0.25) is 0 Å². The molecule has 0 spiro atoms. The molecule has 1 aliphatic heterocycles. The average molecular weight is 269 g/mol. The van der Waals surface area contributed by atoms with Gasteiger partial charge < -0.3 is 15.2 Å². The molecule has 2 N–H and O–H groups in total. The molecule has 0 atom stereocenters. The van der Waals surface area contributed by atoms with Crippen LogP contribution in [-0.4, -0.2) is 26.4 Å². The lowest BCUT2D eigenvalue weighted by molar-refractivity contribution is -0.112. The molecule has 1 saturated heterocycles. The number of hydrogen-bond acceptors (Lipinski definition) is 3. The van der Waals surface area contributed by atoms with Gasteiger partial charge >= 0.3 is 0 Å². The van der Waals surface area contributed by atoms with E-state index in [1.807, 2.05) is 0 Å². The lowest BCUT2D eigenvalue weighted by atomic mass is 9.59. The molecular weight excluding hydrogens is 252 g/mol. The highest BCUT2D eigenvalue weighted by Crippen LogP contribution is 2.49. The van der Waals surface area contributed by atoms with Crippen LogP contribution in [0.3, 0.4) is 0 Å². The van der Waals surface area contributed by atoms with Gasteiger partial charge in [0, 0.05) is 23.1 Å². The zero-order valence-corrected chi connectivity index (χ0v) is 10.8. The molecule has 104 valence electrons. The highest BCUT2D eigenvalue weighted by Gasteiger charge is 2.52. The van der Waals surface area contributed by atoms with Crippen molar-refractivity contribution in [3.05, 3.63) is 29.3 Å². The van der Waals surface area contributed by atoms with Gasteiger partial charge in [0.1, 0.15) is 5.82 Å². The van der Waals surface area contributed by atoms with E-state index in [-0.39, 0.29) is 17.7 Å². The molecule has 0 amide bonds. The van der Waals surface area contributed by atoms with Gasteiger partial charge in [-0.25, -0.2) is 8.78 Å². The topological polar surface area (TPSA) is 44.5 Å². The third-order valence-corrected chi connectivity index (χ3v) is 4.45. The van der Waals surface area contributed by atoms with Crippen molar-refractivity contribution in [2.45, 2.75) is 24.3 Å². The van der Waals surface area contributed by atoms with Crippen LogP contribution < -0.4 is 10.5 Å². The average Bonchev–Trinajstić information content (AvgIpc) is 2.29. The highest BCUT2D eigenvalue weighted by atomic mass is 19.1. The van der Waals surface area contributed by atoms with Crippen LogP contribution in [0.4, 0.5) is 8.78 Å². The van der Waals surface area contributed by atoms with Crippen molar-refractivity contribution >= 4 is 0 Å². The Bertz CT molecular complexity index is 496. The van der Waals surface area contributed by atoms with Crippen molar-refractivity contribution in [2.75, 3.05) is 20.3 Å². The van der Waals surface area contributed by atoms with Crippen molar-refractivity contribution in [2.24, 2.45) is 11.7 Å². The summed E-state index contributed by atoms with van der Waals surface area (Å²) in [5.41, 5.74) is 5.79. The van der Waals surface area contributed by atoms with Crippen LogP contribution in [-0.2, 0) is 10.2 Å². The predicted octanol–water partition coefficient (Wildman–Crippen LogP) is 1.98. The van der Waals surface area contributed by atoms with Crippen LogP contribution in [0, 0.1) is 17.6 Å². The Morgan fingerprint density at radius 3 is 2.42 bits per heavy atom. The summed E-state index contributed by atoms with van der Waals surface area (Å²) in [6.45, 7) is 0.875. The van der Waals surface area contributed by atoms with Crippen molar-refractivity contribution in [3.8, 4) is 5.75 Å². The second kappa shape index (κ2) is 4.42. The van der Waals surface area contributed by atoms with Gasteiger partial charge in [-0.2, -0.15) is 0 Å². The van der Waals surface area contributed by atoms with Gasteiger partial charge in [-0.05, 0) is 24.8 Å². The maximum atomic E-state index is 14.2. The first kappa shape index (κ1) is 12.8. The first-order valence-corrected chi connectivity index (χ1v) is 6.43. The number of methoxy groups -OCH3 is 1. The van der Waals surface area contributed by atoms with E-state index in [1.165, 1.54) is 13.2 Å². The Labute approximate surface area is 110 Å². The van der Waals surface area contributed by atoms with E-state index in [9.17, 15) is 8.78 Å². The summed E-state index contributed by atoms with van der Waals surface area (Å²) in [5.74, 6) is -0.753. The zero-order valence-electron chi connectivity index (χ0n) is 10.8. The Balaban J connectivity index is 1.98. The SMILES string of the molecule is COc1cc(F)c(C2(C3CC(N)C3)COC2)cc1F. The Morgan fingerprint density at radius 1 is 1.26 bits per heavy atom. The summed E-state index contributed by atoms with van der Waals surface area (Å²) < 4.78 is 38.1. The third-order valence-electron chi connectivity index (χ3n) is 4.45. The van der Waals surface area contributed by atoms with E-state index < -0.39 is 17.0 Å². The number of halogens is 2. The van der Waals surface area contributed by atoms with Crippen LogP contribution >= 0.6 is 0 Å². The molecule has 0 radical (unpaired) electrons. The molecule has 2 aliphatic rings. The van der Waals surface area contributed by atoms with Crippen molar-refractivity contribution in [1.82, 2.24) is 0 Å². The monoisotopic (exact) mass is 269 g/mol. The largest absolute Gasteiger partial charge is 0.494 e. The minimum Gasteiger partial charge on any atom is -0.494 e. The fourth-order valence-corrected chi connectivity index (χ4v) is 3.11. The standard InChI is InChI=1S/C14H17F2NO2/c1-18-13-5-11(15)10(4-12(13)16)14(6-19-7-14)8-2-9(17)3-8/h4-5,8-9H,2-3,6-7,17H2,1H3. The first-order chi connectivity index (χ1) is 9.06. The fourth-order valence-electron chi connectivity index (χ4n) is 3.11. The summed E-state index contributed by atoms with van der Waals surface area (Å²) in [7, 11) is 1.32. The van der Waals surface area contributed by atoms with Crippen molar-refractivity contribution < 1.29 is 18.3 Å². The molecule has 3 nitrogen and oxygen atoms in total. The van der Waals surface area contributed by atoms with E-state index in [2.05, 4.69) is 0 Å². The number of hydrogen-bond donors (Lipinski definition) is 1. The van der Waals surface area contributed by atoms with E-state index in [0.29, 0.717) is 18.8 Å². The van der Waals surface area contributed by atoms with Crippen molar-refractivity contribution in [1.29, 1.82) is 0 Å². The quantitative estimate of drug-likeness (QED) is 0.912. The van der Waals surface area contributed by atoms with Gasteiger partial charge in [-0.15, -0.1) is 0 Å². The Hall–Kier alpha value is -1.20. The summed E-state index contributed by atoms with van der Waals surface area (Å²) in [6, 6.07) is 2.54. The van der Waals surface area contributed by atoms with Gasteiger partial charge in [-0.3, -0.25) is 0 Å². The van der Waals surface area contributed by atoms with Gasteiger partial charge in [0.25, 0.3) is 0 Å². The first-order valence-electron chi connectivity index (χ1n) is 6.43. The molecule has 1 aromatic rings. The van der Waals surface area contributed by atoms with Crippen LogP contribution in [0.25, 0.3) is 0 Å². The van der Waals surface area contributed by atoms with Crippen molar-refractivity contribution in [3.63, 3.8) is 0 Å². The number of nitrogens with two attached hydrogens (primary N) is 1. The summed E-state index contributed by atoms with van der Waals surface area (Å²) in [6.07, 6.45) is 1.69. The van der Waals surface area contributed by atoms with Crippen LogP contribution in [0.5, 0.6) is 5.75 Å². The smallest absolute Gasteiger partial charge is 0.165 e. The van der Waals surface area contributed by atoms with E-state index >= 15 is 0 Å². The molecule has 5 heteroatoms. The summed E-state index contributed by atoms with van der Waals surface area (Å²) in [4.78, 5) is 0. The van der Waals surface area contributed by atoms with Crippen LogP contribution in [0.1, 0.15) is 18.4 Å². The zero-order chi connectivity index (χ0) is 13.6. The van der Waals surface area contributed by atoms with Gasteiger partial charge in [-0.1, -0.05) is 0 Å². The van der Waals surface area contributed by atoms with Gasteiger partial charge in [0.05, 0.1) is 20.3 Å². The molecule has 1 saturated carbocycles. The lowest BCUT2D eigenvalue weighted by Crippen LogP contribution is -2.59. The minimum absolute atomic E-state index is 0.0676. The van der Waals surface area contributed by atoms with Crippen LogP contribution in [0.2, 0.25) is 0 Å². The number of benzene rings is 1. The molecular formula is C14H17F2NO2. The third kappa shape index (κ3) is 1.83. The highest BCUT2D eigenvalue weighted by molar-refractivity contribution is 5.38. The fraction of sp³-hybridized carbons (Fsp3) is 0.571. The second-order valence-electron chi connectivity index (χ2n) is 5.54. The van der Waals surface area contributed by atoms with E-state index in [0.717, 1.165) is 18.9 Å². The summed E-state index contributed by atoms with van der Waals surface area (Å²) in [5, 5.41) is 0. The summed E-state index contributed by atoms with van der Waals surface area (Å²) >= 11 is 0. The molecule has 1 heterocycles. The molecule has 0 aromatic heterocycles. The van der Waals surface area contributed by atoms with E-state index in [4.69, 9.17) is 15.2 Å². The molecule has 2 fully saturated rings. The van der Waals surface area contributed by atoms with Crippen LogP contribution in [0.15, 0.2) is 12.1 Å². The molecule has 3 rings (SSSR count). The molecule has 0 bridgehead atoms. The second-order valence-corrected chi connectivity index (χ2v) is 5.54. The maximum absolute atomic E-state index is 14.2. The lowest BCUT2D eigenvalue weighted by Gasteiger charge is -2.53. The maximum Gasteiger partial charge on any atom is 0.165 e. The molecule has 0 unspecified atom stereocenters. The minimum atomic E-state index is -0.534. The molecule has 1 aromatic carbocycles. The Kier molecular flexibility index (Phi) is 2.98. The van der Waals surface area contributed by atoms with Gasteiger partial charge in [0.15, 0.2) is 11.6 Å². The predicted molar refractivity (Wildman–Crippen MR) is 66.1 cm³/mol. The number of ether oxygens (including phenoxy) is 2. The van der Waals surface area contributed by atoms with E-state index in [1.54, 1.807) is 0 Å². The number of rotatable bonds is 3. The molecule has 1 aliphatic carbocycles. The molecule has 19 heavy (non-hydrogen) atoms.